The summed E-state index contributed by atoms with van der Waals surface area (Å²) in [7, 11) is 0. The van der Waals surface area contributed by atoms with E-state index in [4.69, 9.17) is 5.11 Å². The van der Waals surface area contributed by atoms with E-state index in [-0.39, 0.29) is 6.61 Å². The van der Waals surface area contributed by atoms with Crippen LogP contribution in [-0.2, 0) is 13.1 Å². The number of rotatable bonds is 6. The molecule has 2 atom stereocenters. The molecule has 0 radical (unpaired) electrons. The molecule has 108 valence electrons. The summed E-state index contributed by atoms with van der Waals surface area (Å²) in [6.07, 6.45) is 5.89. The molecule has 1 fully saturated rings. The van der Waals surface area contributed by atoms with Gasteiger partial charge in [0.05, 0.1) is 24.4 Å². The highest BCUT2D eigenvalue weighted by atomic mass is 16.3. The highest BCUT2D eigenvalue weighted by molar-refractivity contribution is 4.93. The number of aliphatic hydroxyl groups excluding tert-OH is 1. The molecule has 3 N–H and O–H groups in total. The van der Waals surface area contributed by atoms with Gasteiger partial charge in [0.25, 0.3) is 0 Å². The van der Waals surface area contributed by atoms with E-state index in [1.807, 2.05) is 6.20 Å². The van der Waals surface area contributed by atoms with Crippen LogP contribution >= 0.6 is 0 Å². The van der Waals surface area contributed by atoms with Crippen molar-refractivity contribution in [1.82, 2.24) is 20.3 Å². The van der Waals surface area contributed by atoms with E-state index in [9.17, 15) is 5.11 Å². The molecule has 1 saturated carbocycles. The zero-order valence-corrected chi connectivity index (χ0v) is 11.5. The first kappa shape index (κ1) is 14.4. The van der Waals surface area contributed by atoms with Gasteiger partial charge in [0.1, 0.15) is 0 Å². The van der Waals surface area contributed by atoms with Crippen LogP contribution in [0.1, 0.15) is 38.3 Å². The molecule has 1 aliphatic rings. The Bertz CT molecular complexity index is 396. The van der Waals surface area contributed by atoms with Crippen LogP contribution in [0.15, 0.2) is 6.20 Å². The van der Waals surface area contributed by atoms with Gasteiger partial charge in [-0.3, -0.25) is 0 Å². The molecule has 2 rings (SSSR count). The van der Waals surface area contributed by atoms with E-state index in [0.717, 1.165) is 25.0 Å². The first-order valence-corrected chi connectivity index (χ1v) is 7.04. The van der Waals surface area contributed by atoms with Crippen LogP contribution < -0.4 is 5.32 Å². The fraction of sp³-hybridized carbons (Fsp3) is 0.846. The molecule has 0 aliphatic heterocycles. The van der Waals surface area contributed by atoms with Gasteiger partial charge in [-0.2, -0.15) is 0 Å². The highest BCUT2D eigenvalue weighted by Crippen LogP contribution is 2.31. The van der Waals surface area contributed by atoms with Crippen LogP contribution in [0, 0.1) is 5.92 Å². The number of nitrogens with zero attached hydrogens (tertiary/aromatic N) is 3. The van der Waals surface area contributed by atoms with E-state index in [1.165, 1.54) is 6.42 Å². The molecule has 0 amide bonds. The van der Waals surface area contributed by atoms with Crippen LogP contribution in [0.5, 0.6) is 0 Å². The fourth-order valence-corrected chi connectivity index (χ4v) is 2.85. The summed E-state index contributed by atoms with van der Waals surface area (Å²) < 4.78 is 1.62. The van der Waals surface area contributed by atoms with Gasteiger partial charge in [-0.15, -0.1) is 5.10 Å². The summed E-state index contributed by atoms with van der Waals surface area (Å²) in [4.78, 5) is 0. The molecule has 1 heterocycles. The van der Waals surface area contributed by atoms with Crippen molar-refractivity contribution >= 4 is 0 Å². The maximum absolute atomic E-state index is 10.5. The second kappa shape index (κ2) is 6.45. The first-order valence-electron chi connectivity index (χ1n) is 7.04. The van der Waals surface area contributed by atoms with Crippen molar-refractivity contribution in [2.45, 2.75) is 51.3 Å². The van der Waals surface area contributed by atoms with Gasteiger partial charge in [-0.1, -0.05) is 25.0 Å². The van der Waals surface area contributed by atoms with E-state index in [2.05, 4.69) is 22.6 Å². The Labute approximate surface area is 113 Å². The summed E-state index contributed by atoms with van der Waals surface area (Å²) in [6, 6.07) is 0. The van der Waals surface area contributed by atoms with Gasteiger partial charge < -0.3 is 15.5 Å². The van der Waals surface area contributed by atoms with Gasteiger partial charge in [0.15, 0.2) is 0 Å². The lowest BCUT2D eigenvalue weighted by Gasteiger charge is -2.35. The maximum Gasteiger partial charge on any atom is 0.0964 e. The van der Waals surface area contributed by atoms with Crippen molar-refractivity contribution in [1.29, 1.82) is 0 Å². The predicted octanol–water partition coefficient (Wildman–Crippen LogP) is 0.301. The molecule has 0 aromatic carbocycles. The first-order chi connectivity index (χ1) is 9.11. The van der Waals surface area contributed by atoms with Crippen LogP contribution in [0.25, 0.3) is 0 Å². The fourth-order valence-electron chi connectivity index (χ4n) is 2.85. The quantitative estimate of drug-likeness (QED) is 0.691. The Kier molecular flexibility index (Phi) is 4.90. The van der Waals surface area contributed by atoms with Crippen molar-refractivity contribution in [2.24, 2.45) is 5.92 Å². The van der Waals surface area contributed by atoms with Gasteiger partial charge in [0.2, 0.25) is 0 Å². The van der Waals surface area contributed by atoms with Crippen LogP contribution in [-0.4, -0.2) is 44.0 Å². The smallest absolute Gasteiger partial charge is 0.0964 e. The monoisotopic (exact) mass is 268 g/mol. The molecule has 1 aliphatic carbocycles. The Morgan fingerprint density at radius 2 is 2.42 bits per heavy atom. The minimum atomic E-state index is -0.571. The van der Waals surface area contributed by atoms with E-state index in [1.54, 1.807) is 4.68 Å². The number of aliphatic hydroxyl groups is 2. The molecule has 19 heavy (non-hydrogen) atoms. The lowest BCUT2D eigenvalue weighted by Crippen LogP contribution is -2.43. The van der Waals surface area contributed by atoms with Crippen molar-refractivity contribution in [2.75, 3.05) is 13.2 Å². The zero-order chi connectivity index (χ0) is 13.7. The van der Waals surface area contributed by atoms with Gasteiger partial charge >= 0.3 is 0 Å². The van der Waals surface area contributed by atoms with E-state index in [0.29, 0.717) is 25.6 Å². The van der Waals surface area contributed by atoms with Gasteiger partial charge in [-0.25, -0.2) is 4.68 Å². The molecule has 1 aromatic heterocycles. The zero-order valence-electron chi connectivity index (χ0n) is 11.5. The number of hydrogen-bond acceptors (Lipinski definition) is 5. The summed E-state index contributed by atoms with van der Waals surface area (Å²) in [5.74, 6) is 0.603. The van der Waals surface area contributed by atoms with Crippen molar-refractivity contribution in [3.63, 3.8) is 0 Å². The Morgan fingerprint density at radius 3 is 3.16 bits per heavy atom. The SMILES string of the molecule is CC1CCCC(O)(CNCc2cn(CCO)nn2)C1. The predicted molar refractivity (Wildman–Crippen MR) is 71.4 cm³/mol. The Balaban J connectivity index is 1.75. The second-order valence-electron chi connectivity index (χ2n) is 5.73. The Hall–Kier alpha value is -0.980. The number of nitrogens with one attached hydrogen (secondary N) is 1. The van der Waals surface area contributed by atoms with E-state index < -0.39 is 5.60 Å². The van der Waals surface area contributed by atoms with Gasteiger partial charge in [0, 0.05) is 19.3 Å². The number of hydrogen-bond donors (Lipinski definition) is 3. The molecule has 0 saturated heterocycles. The third-order valence-electron chi connectivity index (χ3n) is 3.74. The average molecular weight is 268 g/mol. The largest absolute Gasteiger partial charge is 0.394 e. The van der Waals surface area contributed by atoms with E-state index >= 15 is 0 Å². The lowest BCUT2D eigenvalue weighted by atomic mass is 9.79. The molecule has 6 heteroatoms. The summed E-state index contributed by atoms with van der Waals surface area (Å²) in [6.45, 7) is 3.93. The normalized spacial score (nSPS) is 27.6. The lowest BCUT2D eigenvalue weighted by molar-refractivity contribution is -0.0119. The molecule has 1 aromatic rings. The molecular weight excluding hydrogens is 244 g/mol. The minimum absolute atomic E-state index is 0.0634. The maximum atomic E-state index is 10.5. The molecule has 6 nitrogen and oxygen atoms in total. The molecule has 0 bridgehead atoms. The highest BCUT2D eigenvalue weighted by Gasteiger charge is 2.31. The molecular formula is C13H24N4O2. The third-order valence-corrected chi connectivity index (χ3v) is 3.74. The second-order valence-corrected chi connectivity index (χ2v) is 5.73. The topological polar surface area (TPSA) is 83.2 Å². The van der Waals surface area contributed by atoms with Crippen molar-refractivity contribution < 1.29 is 10.2 Å². The van der Waals surface area contributed by atoms with Crippen LogP contribution in [0.3, 0.4) is 0 Å². The van der Waals surface area contributed by atoms with Crippen LogP contribution in [0.4, 0.5) is 0 Å². The Morgan fingerprint density at radius 1 is 1.58 bits per heavy atom. The number of aromatic nitrogens is 3. The van der Waals surface area contributed by atoms with Crippen molar-refractivity contribution in [3.8, 4) is 0 Å². The summed E-state index contributed by atoms with van der Waals surface area (Å²) in [5.41, 5.74) is 0.263. The summed E-state index contributed by atoms with van der Waals surface area (Å²) >= 11 is 0. The third kappa shape index (κ3) is 4.26. The van der Waals surface area contributed by atoms with Gasteiger partial charge in [-0.05, 0) is 18.8 Å². The molecule has 2 unspecified atom stereocenters. The molecule has 0 spiro atoms. The van der Waals surface area contributed by atoms with Crippen molar-refractivity contribution in [3.05, 3.63) is 11.9 Å². The standard InChI is InChI=1S/C13H24N4O2/c1-11-3-2-4-13(19,7-11)10-14-8-12-9-17(5-6-18)16-15-12/h9,11,14,18-19H,2-8,10H2,1H3. The van der Waals surface area contributed by atoms with Crippen LogP contribution in [0.2, 0.25) is 0 Å². The average Bonchev–Trinajstić information content (AvgIpc) is 2.77. The minimum Gasteiger partial charge on any atom is -0.394 e. The summed E-state index contributed by atoms with van der Waals surface area (Å²) in [5, 5.41) is 30.4.